The number of nitrogens with zero attached hydrogens (tertiary/aromatic N) is 2. The lowest BCUT2D eigenvalue weighted by Gasteiger charge is -2.27. The monoisotopic (exact) mass is 314 g/mol. The fourth-order valence-electron chi connectivity index (χ4n) is 3.77. The number of aromatic amines is 1. The zero-order valence-corrected chi connectivity index (χ0v) is 12.8. The van der Waals surface area contributed by atoms with Gasteiger partial charge < -0.3 is 10.2 Å². The molecule has 2 saturated heterocycles. The molecule has 2 atom stereocenters. The van der Waals surface area contributed by atoms with Gasteiger partial charge in [0.25, 0.3) is 5.91 Å². The van der Waals surface area contributed by atoms with Crippen molar-refractivity contribution in [2.75, 3.05) is 13.1 Å². The number of amides is 1. The minimum atomic E-state index is -0.355. The van der Waals surface area contributed by atoms with Crippen LogP contribution in [0.4, 0.5) is 4.39 Å². The lowest BCUT2D eigenvalue weighted by Crippen LogP contribution is -2.42. The number of rotatable bonds is 2. The molecule has 2 bridgehead atoms. The van der Waals surface area contributed by atoms with E-state index in [4.69, 9.17) is 0 Å². The van der Waals surface area contributed by atoms with Crippen LogP contribution in [0.5, 0.6) is 0 Å². The summed E-state index contributed by atoms with van der Waals surface area (Å²) in [6.45, 7) is 1.77. The first-order valence-electron chi connectivity index (χ1n) is 8.07. The van der Waals surface area contributed by atoms with Gasteiger partial charge in [-0.3, -0.25) is 9.89 Å². The number of fused-ring (bicyclic) bond motifs is 2. The molecule has 2 unspecified atom stereocenters. The van der Waals surface area contributed by atoms with Crippen LogP contribution in [-0.2, 0) is 0 Å². The molecule has 0 spiro atoms. The van der Waals surface area contributed by atoms with Gasteiger partial charge in [0.1, 0.15) is 5.82 Å². The van der Waals surface area contributed by atoms with E-state index in [-0.39, 0.29) is 23.8 Å². The van der Waals surface area contributed by atoms with Gasteiger partial charge in [-0.1, -0.05) is 12.1 Å². The molecular weight excluding hydrogens is 295 g/mol. The van der Waals surface area contributed by atoms with Crippen molar-refractivity contribution in [3.63, 3.8) is 0 Å². The molecule has 3 heterocycles. The van der Waals surface area contributed by atoms with E-state index in [9.17, 15) is 9.18 Å². The quantitative estimate of drug-likeness (QED) is 0.893. The van der Waals surface area contributed by atoms with Gasteiger partial charge in [0.05, 0.1) is 17.5 Å². The number of hydrogen-bond donors (Lipinski definition) is 2. The second-order valence-corrected chi connectivity index (χ2v) is 6.23. The lowest BCUT2D eigenvalue weighted by atomic mass is 10.1. The lowest BCUT2D eigenvalue weighted by molar-refractivity contribution is 0.0681. The molecule has 2 N–H and O–H groups in total. The largest absolute Gasteiger partial charge is 0.331 e. The Hall–Kier alpha value is -2.21. The van der Waals surface area contributed by atoms with Crippen LogP contribution in [-0.4, -0.2) is 46.2 Å². The summed E-state index contributed by atoms with van der Waals surface area (Å²) >= 11 is 0. The fraction of sp³-hybridized carbons (Fsp3) is 0.412. The number of H-pyrrole nitrogens is 1. The molecule has 5 nitrogen and oxygen atoms in total. The predicted octanol–water partition coefficient (Wildman–Crippen LogP) is 2.18. The molecule has 2 fully saturated rings. The highest BCUT2D eigenvalue weighted by atomic mass is 19.1. The van der Waals surface area contributed by atoms with Crippen molar-refractivity contribution >= 4 is 5.91 Å². The Morgan fingerprint density at radius 2 is 2.04 bits per heavy atom. The van der Waals surface area contributed by atoms with Crippen molar-refractivity contribution < 1.29 is 9.18 Å². The second-order valence-electron chi connectivity index (χ2n) is 6.23. The van der Waals surface area contributed by atoms with E-state index in [1.54, 1.807) is 18.2 Å². The molecule has 6 heteroatoms. The van der Waals surface area contributed by atoms with E-state index in [2.05, 4.69) is 15.5 Å². The minimum Gasteiger partial charge on any atom is -0.331 e. The Morgan fingerprint density at radius 3 is 2.91 bits per heavy atom. The molecule has 0 saturated carbocycles. The van der Waals surface area contributed by atoms with Crippen molar-refractivity contribution in [3.8, 4) is 11.3 Å². The standard InChI is InChI=1S/C17H19FN4O/c18-15-4-2-1-3-13(15)16-14(10-20-21-16)17(23)22-11-5-6-12(22)9-19-8-7-11/h1-4,10-12,19H,5-9H2,(H,20,21). The van der Waals surface area contributed by atoms with E-state index in [0.29, 0.717) is 16.8 Å². The SMILES string of the molecule is O=C(c1cn[nH]c1-c1ccccc1F)N1C2CCNCC1CC2. The van der Waals surface area contributed by atoms with Gasteiger partial charge in [0, 0.05) is 24.2 Å². The minimum absolute atomic E-state index is 0.0480. The Morgan fingerprint density at radius 1 is 1.22 bits per heavy atom. The molecule has 2 aromatic rings. The van der Waals surface area contributed by atoms with E-state index >= 15 is 0 Å². The van der Waals surface area contributed by atoms with Gasteiger partial charge in [-0.2, -0.15) is 5.10 Å². The third-order valence-electron chi connectivity index (χ3n) is 4.90. The molecule has 23 heavy (non-hydrogen) atoms. The van der Waals surface area contributed by atoms with Gasteiger partial charge in [-0.05, 0) is 37.9 Å². The first kappa shape index (κ1) is 14.4. The van der Waals surface area contributed by atoms with Crippen LogP contribution in [0.3, 0.4) is 0 Å². The number of benzene rings is 1. The maximum atomic E-state index is 14.1. The molecule has 4 rings (SSSR count). The van der Waals surface area contributed by atoms with Crippen molar-refractivity contribution in [3.05, 3.63) is 41.8 Å². The molecule has 1 aromatic heterocycles. The smallest absolute Gasteiger partial charge is 0.258 e. The molecule has 120 valence electrons. The molecular formula is C17H19FN4O. The maximum Gasteiger partial charge on any atom is 0.258 e. The van der Waals surface area contributed by atoms with Crippen LogP contribution in [0.15, 0.2) is 30.5 Å². The average molecular weight is 314 g/mol. The normalized spacial score (nSPS) is 23.8. The molecule has 2 aliphatic rings. The molecule has 2 aliphatic heterocycles. The first-order valence-corrected chi connectivity index (χ1v) is 8.07. The van der Waals surface area contributed by atoms with Crippen LogP contribution in [0.25, 0.3) is 11.3 Å². The Labute approximate surface area is 133 Å². The fourth-order valence-corrected chi connectivity index (χ4v) is 3.77. The number of carbonyl (C=O) groups is 1. The number of hydrogen-bond acceptors (Lipinski definition) is 3. The summed E-state index contributed by atoms with van der Waals surface area (Å²) in [5.41, 5.74) is 1.30. The summed E-state index contributed by atoms with van der Waals surface area (Å²) in [4.78, 5) is 15.1. The highest BCUT2D eigenvalue weighted by Gasteiger charge is 2.39. The maximum absolute atomic E-state index is 14.1. The van der Waals surface area contributed by atoms with Crippen molar-refractivity contribution in [2.45, 2.75) is 31.3 Å². The average Bonchev–Trinajstić information content (AvgIpc) is 3.11. The van der Waals surface area contributed by atoms with Crippen LogP contribution in [0, 0.1) is 5.82 Å². The number of nitrogens with one attached hydrogen (secondary N) is 2. The number of aromatic nitrogens is 2. The highest BCUT2D eigenvalue weighted by Crippen LogP contribution is 2.32. The third kappa shape index (κ3) is 2.43. The van der Waals surface area contributed by atoms with Crippen LogP contribution >= 0.6 is 0 Å². The van der Waals surface area contributed by atoms with Crippen molar-refractivity contribution in [2.24, 2.45) is 0 Å². The predicted molar refractivity (Wildman–Crippen MR) is 84.4 cm³/mol. The van der Waals surface area contributed by atoms with Gasteiger partial charge in [0.15, 0.2) is 0 Å². The highest BCUT2D eigenvalue weighted by molar-refractivity contribution is 6.00. The van der Waals surface area contributed by atoms with E-state index in [1.165, 1.54) is 12.3 Å². The number of carbonyl (C=O) groups excluding carboxylic acids is 1. The zero-order valence-electron chi connectivity index (χ0n) is 12.8. The zero-order chi connectivity index (χ0) is 15.8. The van der Waals surface area contributed by atoms with Gasteiger partial charge in [-0.15, -0.1) is 0 Å². The van der Waals surface area contributed by atoms with Gasteiger partial charge in [-0.25, -0.2) is 4.39 Å². The summed E-state index contributed by atoms with van der Waals surface area (Å²) in [7, 11) is 0. The summed E-state index contributed by atoms with van der Waals surface area (Å²) in [6, 6.07) is 6.94. The molecule has 1 aromatic carbocycles. The third-order valence-corrected chi connectivity index (χ3v) is 4.90. The Kier molecular flexibility index (Phi) is 3.61. The number of halogens is 1. The van der Waals surface area contributed by atoms with Gasteiger partial charge in [0.2, 0.25) is 0 Å². The first-order chi connectivity index (χ1) is 11.3. The summed E-state index contributed by atoms with van der Waals surface area (Å²) in [5, 5.41) is 10.2. The summed E-state index contributed by atoms with van der Waals surface area (Å²) in [5.74, 6) is -0.403. The molecule has 0 radical (unpaired) electrons. The van der Waals surface area contributed by atoms with E-state index in [0.717, 1.165) is 32.4 Å². The molecule has 1 amide bonds. The van der Waals surface area contributed by atoms with Crippen LogP contribution < -0.4 is 5.32 Å². The van der Waals surface area contributed by atoms with E-state index < -0.39 is 0 Å². The summed E-state index contributed by atoms with van der Waals surface area (Å²) in [6.07, 6.45) is 4.55. The van der Waals surface area contributed by atoms with Crippen LogP contribution in [0.1, 0.15) is 29.6 Å². The van der Waals surface area contributed by atoms with Crippen molar-refractivity contribution in [1.29, 1.82) is 0 Å². The Balaban J connectivity index is 1.71. The second kappa shape index (κ2) is 5.77. The van der Waals surface area contributed by atoms with Crippen molar-refractivity contribution in [1.82, 2.24) is 20.4 Å². The van der Waals surface area contributed by atoms with Crippen LogP contribution in [0.2, 0.25) is 0 Å². The Bertz CT molecular complexity index is 715. The summed E-state index contributed by atoms with van der Waals surface area (Å²) < 4.78 is 14.1. The van der Waals surface area contributed by atoms with Gasteiger partial charge >= 0.3 is 0 Å². The topological polar surface area (TPSA) is 61.0 Å². The van der Waals surface area contributed by atoms with E-state index in [1.807, 2.05) is 4.90 Å². The molecule has 0 aliphatic carbocycles.